The highest BCUT2D eigenvalue weighted by Gasteiger charge is 2.72. The Morgan fingerprint density at radius 1 is 1.02 bits per heavy atom. The number of ketones is 1. The van der Waals surface area contributed by atoms with Crippen LogP contribution in [0.15, 0.2) is 23.3 Å². The van der Waals surface area contributed by atoms with Crippen molar-refractivity contribution < 1.29 is 50.0 Å². The second-order valence-corrected chi connectivity index (χ2v) is 16.9. The number of Topliss-reactive ketones (excluding diaryl/α,β-unsaturated/α-hetero) is 1. The molecule has 0 aromatic rings. The van der Waals surface area contributed by atoms with Crippen molar-refractivity contribution in [2.24, 2.45) is 39.4 Å². The summed E-state index contributed by atoms with van der Waals surface area (Å²) < 4.78 is 11.9. The molecule has 1 aliphatic heterocycles. The van der Waals surface area contributed by atoms with Crippen molar-refractivity contribution in [2.75, 3.05) is 6.61 Å². The van der Waals surface area contributed by atoms with E-state index in [9.17, 15) is 40.5 Å². The molecular weight excluding hydrogens is 592 g/mol. The first-order valence-electron chi connectivity index (χ1n) is 17.1. The molecule has 10 nitrogen and oxygen atoms in total. The molecule has 4 aliphatic carbocycles. The molecule has 46 heavy (non-hydrogen) atoms. The summed E-state index contributed by atoms with van der Waals surface area (Å²) >= 11 is 0. The van der Waals surface area contributed by atoms with Gasteiger partial charge in [-0.1, -0.05) is 57.9 Å². The monoisotopic (exact) mass is 650 g/mol. The highest BCUT2D eigenvalue weighted by molar-refractivity contribution is 5.88. The molecule has 3 saturated carbocycles. The van der Waals surface area contributed by atoms with E-state index in [2.05, 4.69) is 26.8 Å². The van der Waals surface area contributed by atoms with Crippen LogP contribution in [-0.4, -0.2) is 103 Å². The maximum atomic E-state index is 13.4. The number of carbonyl (C=O) groups is 1. The molecule has 7 N–H and O–H groups in total. The summed E-state index contributed by atoms with van der Waals surface area (Å²) in [5.74, 6) is -0.810. The highest BCUT2D eigenvalue weighted by atomic mass is 16.7. The van der Waals surface area contributed by atoms with Crippen LogP contribution in [0, 0.1) is 39.4 Å². The van der Waals surface area contributed by atoms with Gasteiger partial charge in [0.1, 0.15) is 30.0 Å². The number of ether oxygens (including phenoxy) is 2. The van der Waals surface area contributed by atoms with Crippen molar-refractivity contribution in [3.8, 4) is 0 Å². The number of carbonyl (C=O) groups excluding carboxylic acids is 1. The van der Waals surface area contributed by atoms with Crippen LogP contribution in [0.25, 0.3) is 0 Å². The van der Waals surface area contributed by atoms with Crippen LogP contribution in [0.3, 0.4) is 0 Å². The number of fused-ring (bicyclic) bond motifs is 5. The summed E-state index contributed by atoms with van der Waals surface area (Å²) in [6.07, 6.45) is -2.38. The number of aliphatic hydroxyl groups is 7. The Bertz CT molecular complexity index is 1240. The van der Waals surface area contributed by atoms with Gasteiger partial charge in [0.2, 0.25) is 0 Å². The van der Waals surface area contributed by atoms with E-state index >= 15 is 0 Å². The summed E-state index contributed by atoms with van der Waals surface area (Å²) in [5.41, 5.74) is -1.40. The molecule has 0 spiro atoms. The normalized spacial score (nSPS) is 49.5. The number of rotatable bonds is 7. The summed E-state index contributed by atoms with van der Waals surface area (Å²) in [7, 11) is 0. The first kappa shape index (κ1) is 36.1. The lowest BCUT2D eigenvalue weighted by Crippen LogP contribution is -2.64. The van der Waals surface area contributed by atoms with Crippen LogP contribution >= 0.6 is 0 Å². The van der Waals surface area contributed by atoms with Crippen molar-refractivity contribution >= 4 is 5.78 Å². The van der Waals surface area contributed by atoms with Gasteiger partial charge in [0.25, 0.3) is 0 Å². The van der Waals surface area contributed by atoms with E-state index < -0.39 is 83.4 Å². The fraction of sp³-hybridized carbons (Fsp3) is 0.861. The second-order valence-electron chi connectivity index (χ2n) is 16.9. The molecule has 5 rings (SSSR count). The average molecular weight is 651 g/mol. The fourth-order valence-corrected chi connectivity index (χ4v) is 10.9. The highest BCUT2D eigenvalue weighted by Crippen LogP contribution is 2.75. The maximum Gasteiger partial charge on any atom is 0.187 e. The van der Waals surface area contributed by atoms with Gasteiger partial charge >= 0.3 is 0 Å². The van der Waals surface area contributed by atoms with Gasteiger partial charge in [-0.05, 0) is 81.0 Å². The predicted molar refractivity (Wildman–Crippen MR) is 170 cm³/mol. The summed E-state index contributed by atoms with van der Waals surface area (Å²) in [6.45, 7) is 15.5. The van der Waals surface area contributed by atoms with Crippen LogP contribution in [0.1, 0.15) is 93.9 Å². The van der Waals surface area contributed by atoms with Crippen molar-refractivity contribution in [1.29, 1.82) is 0 Å². The molecule has 0 amide bonds. The van der Waals surface area contributed by atoms with Gasteiger partial charge in [0, 0.05) is 17.8 Å². The molecule has 0 radical (unpaired) electrons. The zero-order valence-corrected chi connectivity index (χ0v) is 28.8. The molecule has 1 heterocycles. The minimum absolute atomic E-state index is 0.0167. The van der Waals surface area contributed by atoms with Gasteiger partial charge in [0.05, 0.1) is 24.9 Å². The largest absolute Gasteiger partial charge is 0.394 e. The van der Waals surface area contributed by atoms with E-state index in [1.54, 1.807) is 6.92 Å². The number of aliphatic hydroxyl groups excluding tert-OH is 6. The molecule has 5 aliphatic rings. The van der Waals surface area contributed by atoms with E-state index in [1.165, 1.54) is 0 Å². The van der Waals surface area contributed by atoms with Gasteiger partial charge in [-0.3, -0.25) is 4.79 Å². The lowest BCUT2D eigenvalue weighted by atomic mass is 9.38. The van der Waals surface area contributed by atoms with Crippen LogP contribution in [-0.2, 0) is 14.3 Å². The van der Waals surface area contributed by atoms with Crippen LogP contribution in [0.2, 0.25) is 0 Å². The second kappa shape index (κ2) is 12.0. The third-order valence-corrected chi connectivity index (χ3v) is 13.8. The molecule has 0 unspecified atom stereocenters. The number of allylic oxidation sites excluding steroid dienone is 3. The molecule has 0 aromatic heterocycles. The third-order valence-electron chi connectivity index (χ3n) is 13.8. The van der Waals surface area contributed by atoms with E-state index in [1.807, 2.05) is 33.8 Å². The van der Waals surface area contributed by atoms with Crippen LogP contribution < -0.4 is 0 Å². The van der Waals surface area contributed by atoms with E-state index in [0.29, 0.717) is 19.3 Å². The molecule has 10 heteroatoms. The van der Waals surface area contributed by atoms with Gasteiger partial charge in [-0.25, -0.2) is 0 Å². The first-order chi connectivity index (χ1) is 21.2. The summed E-state index contributed by atoms with van der Waals surface area (Å²) in [6, 6.07) is 0. The van der Waals surface area contributed by atoms with Crippen LogP contribution in [0.4, 0.5) is 0 Å². The molecule has 15 atom stereocenters. The van der Waals surface area contributed by atoms with E-state index in [4.69, 9.17) is 9.47 Å². The van der Waals surface area contributed by atoms with Crippen LogP contribution in [0.5, 0.6) is 0 Å². The SMILES string of the molecule is CC(C)=CCC(=O)[C@](C)(O)[C@H]1[C@H](O)C[C@@]2(C)[C@@H]3CC=C4[C@H](C[C@@H](O[C@@H]5O[C@H](CO)[C@@H](O)[C@H](O)[C@H]5O)[C@H](O)C4(C)C)[C@@]3(C)CC[C@]12C. The Hall–Kier alpha value is -1.21. The van der Waals surface area contributed by atoms with E-state index in [0.717, 1.165) is 24.0 Å². The Kier molecular flexibility index (Phi) is 9.40. The zero-order valence-electron chi connectivity index (χ0n) is 28.8. The lowest BCUT2D eigenvalue weighted by Gasteiger charge is -2.66. The zero-order chi connectivity index (χ0) is 34.4. The van der Waals surface area contributed by atoms with Crippen molar-refractivity contribution in [3.05, 3.63) is 23.3 Å². The molecular formula is C36H58O10. The number of hydrogen-bond donors (Lipinski definition) is 7. The molecule has 0 aromatic carbocycles. The summed E-state index contributed by atoms with van der Waals surface area (Å²) in [4.78, 5) is 13.4. The maximum absolute atomic E-state index is 13.4. The van der Waals surface area contributed by atoms with Crippen molar-refractivity contribution in [2.45, 2.75) is 149 Å². The third kappa shape index (κ3) is 5.21. The Labute approximate surface area is 273 Å². The summed E-state index contributed by atoms with van der Waals surface area (Å²) in [5, 5.41) is 76.2. The predicted octanol–water partition coefficient (Wildman–Crippen LogP) is 2.39. The Morgan fingerprint density at radius 2 is 1.67 bits per heavy atom. The first-order valence-corrected chi connectivity index (χ1v) is 17.1. The smallest absolute Gasteiger partial charge is 0.187 e. The topological polar surface area (TPSA) is 177 Å². The van der Waals surface area contributed by atoms with E-state index in [-0.39, 0.29) is 29.5 Å². The minimum Gasteiger partial charge on any atom is -0.394 e. The minimum atomic E-state index is -1.69. The van der Waals surface area contributed by atoms with Gasteiger partial charge < -0.3 is 45.2 Å². The molecule has 1 saturated heterocycles. The quantitative estimate of drug-likeness (QED) is 0.203. The number of hydrogen-bond acceptors (Lipinski definition) is 10. The fourth-order valence-electron chi connectivity index (χ4n) is 10.9. The molecule has 262 valence electrons. The average Bonchev–Trinajstić information content (AvgIpc) is 3.19. The Balaban J connectivity index is 1.46. The van der Waals surface area contributed by atoms with Gasteiger partial charge in [0.15, 0.2) is 12.1 Å². The van der Waals surface area contributed by atoms with Crippen molar-refractivity contribution in [1.82, 2.24) is 0 Å². The Morgan fingerprint density at radius 3 is 2.28 bits per heavy atom. The lowest BCUT2D eigenvalue weighted by molar-refractivity contribution is -0.324. The van der Waals surface area contributed by atoms with Gasteiger partial charge in [-0.2, -0.15) is 0 Å². The standard InChI is InChI=1S/C36H58O10/c1-18(2)9-12-25(39)36(8,44)29-21(38)16-35(7)24-11-10-19-20(33(24,5)13-14-34(29,35)6)15-22(30(43)32(19,3)4)45-31-28(42)27(41)26(40)23(17-37)46-31/h9-10,20-24,26-31,37-38,40-44H,11-17H2,1-8H3/t20-,21+,22+,23+,24+,26+,27-,28+,29-,30-,31+,33+,34+,35-,36-/m0/s1. The molecule has 0 bridgehead atoms. The van der Waals surface area contributed by atoms with Crippen molar-refractivity contribution in [3.63, 3.8) is 0 Å². The van der Waals surface area contributed by atoms with Gasteiger partial charge in [-0.15, -0.1) is 0 Å². The molecule has 4 fully saturated rings.